The molecular weight excluding hydrogens is 216 g/mol. The highest BCUT2D eigenvalue weighted by atomic mass is 16.5. The molecule has 0 bridgehead atoms. The molecule has 0 saturated heterocycles. The fourth-order valence-corrected chi connectivity index (χ4v) is 1.56. The second kappa shape index (κ2) is 4.82. The van der Waals surface area contributed by atoms with Crippen LogP contribution in [0.5, 0.6) is 11.5 Å². The summed E-state index contributed by atoms with van der Waals surface area (Å²) in [7, 11) is 3.26. The SMILES string of the molecule is COc1ccnc(-c2cc(OC)cc(C)n2)c1. The highest BCUT2D eigenvalue weighted by molar-refractivity contribution is 5.58. The summed E-state index contributed by atoms with van der Waals surface area (Å²) >= 11 is 0. The molecule has 0 N–H and O–H groups in total. The molecule has 17 heavy (non-hydrogen) atoms. The molecular formula is C13H14N2O2. The van der Waals surface area contributed by atoms with E-state index in [0.29, 0.717) is 0 Å². The lowest BCUT2D eigenvalue weighted by Crippen LogP contribution is -1.93. The molecule has 0 atom stereocenters. The minimum atomic E-state index is 0.761. The largest absolute Gasteiger partial charge is 0.497 e. The van der Waals surface area contributed by atoms with Crippen LogP contribution < -0.4 is 9.47 Å². The zero-order valence-corrected chi connectivity index (χ0v) is 10.1. The van der Waals surface area contributed by atoms with E-state index in [-0.39, 0.29) is 0 Å². The Bertz CT molecular complexity index is 527. The maximum Gasteiger partial charge on any atom is 0.122 e. The number of hydrogen-bond acceptors (Lipinski definition) is 4. The van der Waals surface area contributed by atoms with E-state index in [1.807, 2.05) is 25.1 Å². The first kappa shape index (κ1) is 11.4. The Balaban J connectivity index is 2.47. The van der Waals surface area contributed by atoms with Crippen molar-refractivity contribution in [3.05, 3.63) is 36.2 Å². The number of rotatable bonds is 3. The van der Waals surface area contributed by atoms with Gasteiger partial charge in [-0.1, -0.05) is 0 Å². The fourth-order valence-electron chi connectivity index (χ4n) is 1.56. The maximum absolute atomic E-state index is 5.21. The van der Waals surface area contributed by atoms with E-state index in [4.69, 9.17) is 9.47 Å². The van der Waals surface area contributed by atoms with Gasteiger partial charge in [-0.25, -0.2) is 0 Å². The van der Waals surface area contributed by atoms with Crippen LogP contribution in [-0.4, -0.2) is 24.2 Å². The molecule has 0 spiro atoms. The third-order valence-corrected chi connectivity index (χ3v) is 2.39. The summed E-state index contributed by atoms with van der Waals surface area (Å²) in [6, 6.07) is 7.39. The van der Waals surface area contributed by atoms with Crippen molar-refractivity contribution in [2.75, 3.05) is 14.2 Å². The van der Waals surface area contributed by atoms with Gasteiger partial charge in [0.2, 0.25) is 0 Å². The lowest BCUT2D eigenvalue weighted by Gasteiger charge is -2.06. The average molecular weight is 230 g/mol. The van der Waals surface area contributed by atoms with Crippen LogP contribution >= 0.6 is 0 Å². The van der Waals surface area contributed by atoms with Gasteiger partial charge in [-0.2, -0.15) is 0 Å². The molecule has 0 aromatic carbocycles. The third kappa shape index (κ3) is 2.53. The molecule has 88 valence electrons. The number of pyridine rings is 2. The lowest BCUT2D eigenvalue weighted by molar-refractivity contribution is 0.413. The molecule has 2 rings (SSSR count). The second-order valence-corrected chi connectivity index (χ2v) is 3.61. The van der Waals surface area contributed by atoms with Crippen LogP contribution in [0.3, 0.4) is 0 Å². The van der Waals surface area contributed by atoms with E-state index >= 15 is 0 Å². The van der Waals surface area contributed by atoms with Crippen LogP contribution in [-0.2, 0) is 0 Å². The number of hydrogen-bond donors (Lipinski definition) is 0. The van der Waals surface area contributed by atoms with Gasteiger partial charge in [-0.3, -0.25) is 9.97 Å². The predicted octanol–water partition coefficient (Wildman–Crippen LogP) is 2.47. The molecule has 0 amide bonds. The molecule has 0 unspecified atom stereocenters. The van der Waals surface area contributed by atoms with E-state index in [1.165, 1.54) is 0 Å². The monoisotopic (exact) mass is 230 g/mol. The second-order valence-electron chi connectivity index (χ2n) is 3.61. The molecule has 0 aliphatic rings. The van der Waals surface area contributed by atoms with Crippen molar-refractivity contribution in [1.82, 2.24) is 9.97 Å². The van der Waals surface area contributed by atoms with Gasteiger partial charge in [0.15, 0.2) is 0 Å². The Labute approximate surface area is 100 Å². The van der Waals surface area contributed by atoms with Crippen molar-refractivity contribution >= 4 is 0 Å². The molecule has 0 saturated carbocycles. The van der Waals surface area contributed by atoms with Crippen molar-refractivity contribution in [2.24, 2.45) is 0 Å². The summed E-state index contributed by atoms with van der Waals surface area (Å²) in [6.45, 7) is 1.92. The van der Waals surface area contributed by atoms with Gasteiger partial charge in [0.1, 0.15) is 11.5 Å². The van der Waals surface area contributed by atoms with E-state index in [2.05, 4.69) is 9.97 Å². The number of methoxy groups -OCH3 is 2. The number of aromatic nitrogens is 2. The summed E-state index contributed by atoms with van der Waals surface area (Å²) < 4.78 is 10.4. The normalized spacial score (nSPS) is 10.1. The minimum Gasteiger partial charge on any atom is -0.497 e. The molecule has 2 aromatic rings. The van der Waals surface area contributed by atoms with Gasteiger partial charge in [0.25, 0.3) is 0 Å². The average Bonchev–Trinajstić information content (AvgIpc) is 2.38. The van der Waals surface area contributed by atoms with Crippen LogP contribution in [0, 0.1) is 6.92 Å². The highest BCUT2D eigenvalue weighted by Gasteiger charge is 2.05. The summed E-state index contributed by atoms with van der Waals surface area (Å²) in [4.78, 5) is 8.71. The Morgan fingerprint density at radius 1 is 0.941 bits per heavy atom. The van der Waals surface area contributed by atoms with Crippen LogP contribution in [0.25, 0.3) is 11.4 Å². The fraction of sp³-hybridized carbons (Fsp3) is 0.231. The van der Waals surface area contributed by atoms with Gasteiger partial charge in [-0.15, -0.1) is 0 Å². The van der Waals surface area contributed by atoms with Crippen molar-refractivity contribution in [1.29, 1.82) is 0 Å². The molecule has 0 fully saturated rings. The Morgan fingerprint density at radius 3 is 2.35 bits per heavy atom. The number of nitrogens with zero attached hydrogens (tertiary/aromatic N) is 2. The lowest BCUT2D eigenvalue weighted by atomic mass is 10.2. The van der Waals surface area contributed by atoms with Crippen LogP contribution in [0.1, 0.15) is 5.69 Å². The van der Waals surface area contributed by atoms with Crippen molar-refractivity contribution in [3.8, 4) is 22.9 Å². The third-order valence-electron chi connectivity index (χ3n) is 2.39. The van der Waals surface area contributed by atoms with Crippen molar-refractivity contribution < 1.29 is 9.47 Å². The van der Waals surface area contributed by atoms with Crippen LogP contribution in [0.4, 0.5) is 0 Å². The quantitative estimate of drug-likeness (QED) is 0.812. The maximum atomic E-state index is 5.21. The van der Waals surface area contributed by atoms with E-state index in [0.717, 1.165) is 28.6 Å². The molecule has 2 heterocycles. The van der Waals surface area contributed by atoms with Gasteiger partial charge < -0.3 is 9.47 Å². The summed E-state index contributed by atoms with van der Waals surface area (Å²) in [5, 5.41) is 0. The molecule has 0 aliphatic carbocycles. The number of ether oxygens (including phenoxy) is 2. The first-order chi connectivity index (χ1) is 8.22. The molecule has 4 nitrogen and oxygen atoms in total. The minimum absolute atomic E-state index is 0.761. The summed E-state index contributed by atoms with van der Waals surface area (Å²) in [5.74, 6) is 1.54. The molecule has 2 aromatic heterocycles. The van der Waals surface area contributed by atoms with Crippen molar-refractivity contribution in [3.63, 3.8) is 0 Å². The van der Waals surface area contributed by atoms with Gasteiger partial charge in [0, 0.05) is 30.1 Å². The zero-order chi connectivity index (χ0) is 12.3. The first-order valence-corrected chi connectivity index (χ1v) is 5.26. The topological polar surface area (TPSA) is 44.2 Å². The molecule has 0 aliphatic heterocycles. The van der Waals surface area contributed by atoms with Gasteiger partial charge in [-0.05, 0) is 13.0 Å². The van der Waals surface area contributed by atoms with Gasteiger partial charge >= 0.3 is 0 Å². The summed E-state index contributed by atoms with van der Waals surface area (Å²) in [6.07, 6.45) is 1.70. The zero-order valence-electron chi connectivity index (χ0n) is 10.1. The number of aryl methyl sites for hydroxylation is 1. The summed E-state index contributed by atoms with van der Waals surface area (Å²) in [5.41, 5.74) is 2.44. The highest BCUT2D eigenvalue weighted by Crippen LogP contribution is 2.23. The standard InChI is InChI=1S/C13H14N2O2/c1-9-6-11(17-3)8-13(15-9)12-7-10(16-2)4-5-14-12/h4-8H,1-3H3. The van der Waals surface area contributed by atoms with Crippen molar-refractivity contribution in [2.45, 2.75) is 6.92 Å². The Morgan fingerprint density at radius 2 is 1.65 bits per heavy atom. The predicted molar refractivity (Wildman–Crippen MR) is 65.3 cm³/mol. The first-order valence-electron chi connectivity index (χ1n) is 5.26. The van der Waals surface area contributed by atoms with Gasteiger partial charge in [0.05, 0.1) is 25.6 Å². The molecule has 0 radical (unpaired) electrons. The van der Waals surface area contributed by atoms with Crippen LogP contribution in [0.15, 0.2) is 30.5 Å². The molecule has 4 heteroatoms. The Hall–Kier alpha value is -2.10. The van der Waals surface area contributed by atoms with E-state index < -0.39 is 0 Å². The van der Waals surface area contributed by atoms with E-state index in [1.54, 1.807) is 26.5 Å². The smallest absolute Gasteiger partial charge is 0.122 e. The van der Waals surface area contributed by atoms with E-state index in [9.17, 15) is 0 Å². The van der Waals surface area contributed by atoms with Crippen LogP contribution in [0.2, 0.25) is 0 Å². The Kier molecular flexibility index (Phi) is 3.23.